The number of nitrogens with zero attached hydrogens (tertiary/aromatic N) is 3. The first-order chi connectivity index (χ1) is 11.3. The molecule has 0 saturated carbocycles. The molecule has 0 atom stereocenters. The van der Waals surface area contributed by atoms with E-state index in [9.17, 15) is 0 Å². The second-order valence-electron chi connectivity index (χ2n) is 5.83. The van der Waals surface area contributed by atoms with E-state index in [0.717, 1.165) is 48.7 Å². The van der Waals surface area contributed by atoms with E-state index in [1.165, 1.54) is 11.1 Å². The van der Waals surface area contributed by atoms with E-state index in [1.807, 2.05) is 0 Å². The first-order valence-electron chi connectivity index (χ1n) is 7.97. The van der Waals surface area contributed by atoms with Gasteiger partial charge in [-0.25, -0.2) is 4.98 Å². The summed E-state index contributed by atoms with van der Waals surface area (Å²) >= 11 is 3.65. The number of hydrogen-bond acceptors (Lipinski definition) is 3. The van der Waals surface area contributed by atoms with Crippen molar-refractivity contribution >= 4 is 32.9 Å². The topological polar surface area (TPSA) is 33.1 Å². The van der Waals surface area contributed by atoms with E-state index >= 15 is 0 Å². The highest BCUT2D eigenvalue weighted by atomic mass is 79.9. The van der Waals surface area contributed by atoms with Gasteiger partial charge in [-0.05, 0) is 33.6 Å². The minimum atomic E-state index is 0.840. The predicted molar refractivity (Wildman–Crippen MR) is 98.1 cm³/mol. The van der Waals surface area contributed by atoms with Gasteiger partial charge in [0.15, 0.2) is 0 Å². The second kappa shape index (κ2) is 6.34. The number of anilines is 1. The fourth-order valence-electron chi connectivity index (χ4n) is 3.13. The summed E-state index contributed by atoms with van der Waals surface area (Å²) < 4.78 is 3.39. The molecule has 0 aliphatic carbocycles. The maximum Gasteiger partial charge on any atom is 0.206 e. The third kappa shape index (κ3) is 2.86. The quantitative estimate of drug-likeness (QED) is 0.767. The van der Waals surface area contributed by atoms with Gasteiger partial charge in [-0.3, -0.25) is 0 Å². The number of piperazine rings is 1. The SMILES string of the molecule is Brc1cccc2c1nc(N1CCNCC1)n2Cc1ccccc1. The van der Waals surface area contributed by atoms with Crippen LogP contribution in [-0.4, -0.2) is 35.7 Å². The van der Waals surface area contributed by atoms with Crippen molar-refractivity contribution in [1.82, 2.24) is 14.9 Å². The Hall–Kier alpha value is -1.85. The molecule has 1 N–H and O–H groups in total. The Morgan fingerprint density at radius 1 is 1.00 bits per heavy atom. The number of hydrogen-bond donors (Lipinski definition) is 1. The highest BCUT2D eigenvalue weighted by Gasteiger charge is 2.20. The molecule has 1 fully saturated rings. The minimum absolute atomic E-state index is 0.840. The van der Waals surface area contributed by atoms with Crippen LogP contribution in [0.15, 0.2) is 53.0 Å². The molecule has 2 aromatic carbocycles. The van der Waals surface area contributed by atoms with Crippen LogP contribution in [0.1, 0.15) is 5.56 Å². The van der Waals surface area contributed by atoms with E-state index in [4.69, 9.17) is 4.98 Å². The number of rotatable bonds is 3. The molecular weight excluding hydrogens is 352 g/mol. The molecular formula is C18H19BrN4. The van der Waals surface area contributed by atoms with E-state index in [2.05, 4.69) is 79.2 Å². The Morgan fingerprint density at radius 3 is 2.57 bits per heavy atom. The molecule has 0 amide bonds. The third-order valence-corrected chi connectivity index (χ3v) is 4.93. The van der Waals surface area contributed by atoms with E-state index < -0.39 is 0 Å². The maximum atomic E-state index is 4.95. The Labute approximate surface area is 144 Å². The van der Waals surface area contributed by atoms with Crippen molar-refractivity contribution in [3.05, 3.63) is 58.6 Å². The van der Waals surface area contributed by atoms with Crippen LogP contribution in [0, 0.1) is 0 Å². The van der Waals surface area contributed by atoms with Gasteiger partial charge in [0.05, 0.1) is 12.1 Å². The largest absolute Gasteiger partial charge is 0.340 e. The van der Waals surface area contributed by atoms with Crippen molar-refractivity contribution in [3.8, 4) is 0 Å². The normalized spacial score (nSPS) is 15.3. The van der Waals surface area contributed by atoms with Crippen LogP contribution in [0.2, 0.25) is 0 Å². The summed E-state index contributed by atoms with van der Waals surface area (Å²) in [5, 5.41) is 3.41. The molecule has 0 radical (unpaired) electrons. The zero-order valence-corrected chi connectivity index (χ0v) is 14.5. The fourth-order valence-corrected chi connectivity index (χ4v) is 3.57. The van der Waals surface area contributed by atoms with Crippen molar-refractivity contribution < 1.29 is 0 Å². The van der Waals surface area contributed by atoms with Crippen molar-refractivity contribution in [2.24, 2.45) is 0 Å². The molecule has 0 spiro atoms. The summed E-state index contributed by atoms with van der Waals surface area (Å²) in [6.07, 6.45) is 0. The highest BCUT2D eigenvalue weighted by molar-refractivity contribution is 9.10. The van der Waals surface area contributed by atoms with Gasteiger partial charge in [-0.1, -0.05) is 36.4 Å². The molecule has 1 aliphatic rings. The lowest BCUT2D eigenvalue weighted by Gasteiger charge is -2.29. The average Bonchev–Trinajstić information content (AvgIpc) is 2.97. The van der Waals surface area contributed by atoms with E-state index in [0.29, 0.717) is 0 Å². The molecule has 1 saturated heterocycles. The zero-order chi connectivity index (χ0) is 15.6. The molecule has 1 aliphatic heterocycles. The van der Waals surface area contributed by atoms with Crippen LogP contribution in [0.4, 0.5) is 5.95 Å². The Bertz CT molecular complexity index is 807. The van der Waals surface area contributed by atoms with Gasteiger partial charge >= 0.3 is 0 Å². The Balaban J connectivity index is 1.83. The summed E-state index contributed by atoms with van der Waals surface area (Å²) in [7, 11) is 0. The van der Waals surface area contributed by atoms with Crippen molar-refractivity contribution in [2.75, 3.05) is 31.1 Å². The molecule has 1 aromatic heterocycles. The smallest absolute Gasteiger partial charge is 0.206 e. The van der Waals surface area contributed by atoms with E-state index in [-0.39, 0.29) is 0 Å². The summed E-state index contributed by atoms with van der Waals surface area (Å²) in [6.45, 7) is 4.85. The highest BCUT2D eigenvalue weighted by Crippen LogP contribution is 2.29. The van der Waals surface area contributed by atoms with Gasteiger partial charge in [-0.15, -0.1) is 0 Å². The Kier molecular flexibility index (Phi) is 4.06. The van der Waals surface area contributed by atoms with Gasteiger partial charge in [0.1, 0.15) is 5.52 Å². The number of imidazole rings is 1. The van der Waals surface area contributed by atoms with Crippen LogP contribution >= 0.6 is 15.9 Å². The summed E-state index contributed by atoms with van der Waals surface area (Å²) in [4.78, 5) is 7.33. The van der Waals surface area contributed by atoms with Gasteiger partial charge in [0.25, 0.3) is 0 Å². The van der Waals surface area contributed by atoms with Crippen LogP contribution < -0.4 is 10.2 Å². The number of fused-ring (bicyclic) bond motifs is 1. The fraction of sp³-hybridized carbons (Fsp3) is 0.278. The van der Waals surface area contributed by atoms with Gasteiger partial charge in [-0.2, -0.15) is 0 Å². The van der Waals surface area contributed by atoms with Crippen LogP contribution in [-0.2, 0) is 6.54 Å². The Morgan fingerprint density at radius 2 is 1.78 bits per heavy atom. The lowest BCUT2D eigenvalue weighted by atomic mass is 10.2. The molecule has 23 heavy (non-hydrogen) atoms. The first-order valence-corrected chi connectivity index (χ1v) is 8.76. The third-order valence-electron chi connectivity index (χ3n) is 4.29. The summed E-state index contributed by atoms with van der Waals surface area (Å²) in [5.41, 5.74) is 3.51. The number of aromatic nitrogens is 2. The minimum Gasteiger partial charge on any atom is -0.340 e. The number of nitrogens with one attached hydrogen (secondary N) is 1. The molecule has 3 aromatic rings. The molecule has 0 bridgehead atoms. The van der Waals surface area contributed by atoms with Gasteiger partial charge < -0.3 is 14.8 Å². The number of benzene rings is 2. The van der Waals surface area contributed by atoms with Gasteiger partial charge in [0, 0.05) is 30.7 Å². The van der Waals surface area contributed by atoms with Crippen LogP contribution in [0.25, 0.3) is 11.0 Å². The standard InChI is InChI=1S/C18H19BrN4/c19-15-7-4-8-16-17(15)21-18(22-11-9-20-10-12-22)23(16)13-14-5-2-1-3-6-14/h1-8,20H,9-13H2. The molecule has 0 unspecified atom stereocenters. The molecule has 2 heterocycles. The second-order valence-corrected chi connectivity index (χ2v) is 6.68. The van der Waals surface area contributed by atoms with Crippen LogP contribution in [0.5, 0.6) is 0 Å². The lowest BCUT2D eigenvalue weighted by Crippen LogP contribution is -2.44. The molecule has 118 valence electrons. The van der Waals surface area contributed by atoms with Gasteiger partial charge in [0.2, 0.25) is 5.95 Å². The first kappa shape index (κ1) is 14.7. The maximum absolute atomic E-state index is 4.95. The number of para-hydroxylation sites is 1. The van der Waals surface area contributed by atoms with Crippen molar-refractivity contribution in [3.63, 3.8) is 0 Å². The number of halogens is 1. The zero-order valence-electron chi connectivity index (χ0n) is 12.9. The molecule has 5 heteroatoms. The van der Waals surface area contributed by atoms with E-state index in [1.54, 1.807) is 0 Å². The average molecular weight is 371 g/mol. The van der Waals surface area contributed by atoms with Crippen molar-refractivity contribution in [2.45, 2.75) is 6.54 Å². The van der Waals surface area contributed by atoms with Crippen molar-refractivity contribution in [1.29, 1.82) is 0 Å². The summed E-state index contributed by atoms with van der Waals surface area (Å²) in [5.74, 6) is 1.07. The lowest BCUT2D eigenvalue weighted by molar-refractivity contribution is 0.571. The monoisotopic (exact) mass is 370 g/mol. The molecule has 4 rings (SSSR count). The predicted octanol–water partition coefficient (Wildman–Crippen LogP) is 3.26. The van der Waals surface area contributed by atoms with Crippen LogP contribution in [0.3, 0.4) is 0 Å². The summed E-state index contributed by atoms with van der Waals surface area (Å²) in [6, 6.07) is 16.9. The molecule has 4 nitrogen and oxygen atoms in total.